The molecule has 0 amide bonds. The van der Waals surface area contributed by atoms with E-state index in [2.05, 4.69) is 58.4 Å². The fourth-order valence-electron chi connectivity index (χ4n) is 4.05. The SMILES string of the molecule is C[C@@H]1CCCC[C@@H]1NCc1cn(Cc2ccccc2)nc1-c1cccnc1. The van der Waals surface area contributed by atoms with Crippen LogP contribution >= 0.6 is 0 Å². The van der Waals surface area contributed by atoms with Crippen LogP contribution in [-0.4, -0.2) is 20.8 Å². The van der Waals surface area contributed by atoms with Crippen LogP contribution in [0.15, 0.2) is 61.1 Å². The van der Waals surface area contributed by atoms with E-state index in [1.807, 2.05) is 24.5 Å². The third kappa shape index (κ3) is 4.45. The number of aromatic nitrogens is 3. The summed E-state index contributed by atoms with van der Waals surface area (Å²) in [6.07, 6.45) is 11.2. The van der Waals surface area contributed by atoms with E-state index >= 15 is 0 Å². The molecule has 4 heteroatoms. The summed E-state index contributed by atoms with van der Waals surface area (Å²) >= 11 is 0. The molecule has 1 fully saturated rings. The highest BCUT2D eigenvalue weighted by Gasteiger charge is 2.21. The molecule has 140 valence electrons. The lowest BCUT2D eigenvalue weighted by atomic mass is 9.86. The van der Waals surface area contributed by atoms with Crippen molar-refractivity contribution < 1.29 is 0 Å². The molecule has 1 N–H and O–H groups in total. The van der Waals surface area contributed by atoms with Crippen molar-refractivity contribution in [1.29, 1.82) is 0 Å². The van der Waals surface area contributed by atoms with E-state index in [9.17, 15) is 0 Å². The van der Waals surface area contributed by atoms with Crippen LogP contribution in [0.1, 0.15) is 43.7 Å². The number of pyridine rings is 1. The molecule has 2 heterocycles. The topological polar surface area (TPSA) is 42.7 Å². The van der Waals surface area contributed by atoms with Gasteiger partial charge in [0.05, 0.1) is 12.2 Å². The van der Waals surface area contributed by atoms with Gasteiger partial charge in [-0.25, -0.2) is 0 Å². The van der Waals surface area contributed by atoms with Crippen molar-refractivity contribution in [2.75, 3.05) is 0 Å². The van der Waals surface area contributed by atoms with Crippen molar-refractivity contribution in [2.45, 2.75) is 51.7 Å². The minimum Gasteiger partial charge on any atom is -0.310 e. The normalized spacial score (nSPS) is 19.9. The Morgan fingerprint density at radius 3 is 2.70 bits per heavy atom. The van der Waals surface area contributed by atoms with Gasteiger partial charge in [0.15, 0.2) is 0 Å². The lowest BCUT2D eigenvalue weighted by molar-refractivity contribution is 0.279. The Balaban J connectivity index is 1.56. The van der Waals surface area contributed by atoms with Crippen LogP contribution in [-0.2, 0) is 13.1 Å². The van der Waals surface area contributed by atoms with Crippen molar-refractivity contribution in [3.8, 4) is 11.3 Å². The van der Waals surface area contributed by atoms with Gasteiger partial charge >= 0.3 is 0 Å². The van der Waals surface area contributed by atoms with Crippen molar-refractivity contribution in [3.63, 3.8) is 0 Å². The monoisotopic (exact) mass is 360 g/mol. The summed E-state index contributed by atoms with van der Waals surface area (Å²) in [7, 11) is 0. The van der Waals surface area contributed by atoms with E-state index < -0.39 is 0 Å². The fraction of sp³-hybridized carbons (Fsp3) is 0.391. The van der Waals surface area contributed by atoms with Crippen LogP contribution < -0.4 is 5.32 Å². The van der Waals surface area contributed by atoms with Crippen LogP contribution in [0.5, 0.6) is 0 Å². The maximum atomic E-state index is 4.90. The molecule has 0 unspecified atom stereocenters. The highest BCUT2D eigenvalue weighted by molar-refractivity contribution is 5.61. The van der Waals surface area contributed by atoms with Gasteiger partial charge in [-0.15, -0.1) is 0 Å². The zero-order chi connectivity index (χ0) is 18.5. The van der Waals surface area contributed by atoms with E-state index in [4.69, 9.17) is 5.10 Å². The number of hydrogen-bond acceptors (Lipinski definition) is 3. The molecule has 1 aromatic carbocycles. The third-order valence-corrected chi connectivity index (χ3v) is 5.63. The first-order chi connectivity index (χ1) is 13.3. The van der Waals surface area contributed by atoms with Crippen molar-refractivity contribution in [1.82, 2.24) is 20.1 Å². The minimum absolute atomic E-state index is 0.609. The second kappa shape index (κ2) is 8.49. The summed E-state index contributed by atoms with van der Waals surface area (Å²) in [6, 6.07) is 15.2. The molecular formula is C23H28N4. The molecule has 4 nitrogen and oxygen atoms in total. The molecule has 0 saturated heterocycles. The lowest BCUT2D eigenvalue weighted by Crippen LogP contribution is -2.36. The van der Waals surface area contributed by atoms with Gasteiger partial charge in [-0.3, -0.25) is 9.67 Å². The summed E-state index contributed by atoms with van der Waals surface area (Å²) in [6.45, 7) is 4.01. The summed E-state index contributed by atoms with van der Waals surface area (Å²) in [5.74, 6) is 0.750. The first-order valence-electron chi connectivity index (χ1n) is 10.0. The molecule has 2 aromatic heterocycles. The largest absolute Gasteiger partial charge is 0.310 e. The summed E-state index contributed by atoms with van der Waals surface area (Å²) < 4.78 is 2.05. The van der Waals surface area contributed by atoms with Crippen molar-refractivity contribution in [3.05, 3.63) is 72.2 Å². The molecule has 1 saturated carbocycles. The molecule has 3 aromatic rings. The van der Waals surface area contributed by atoms with Gasteiger partial charge < -0.3 is 5.32 Å². The van der Waals surface area contributed by atoms with E-state index in [0.29, 0.717) is 6.04 Å². The van der Waals surface area contributed by atoms with Gasteiger partial charge in [0.2, 0.25) is 0 Å². The Bertz CT molecular complexity index is 841. The predicted molar refractivity (Wildman–Crippen MR) is 109 cm³/mol. The van der Waals surface area contributed by atoms with E-state index in [-0.39, 0.29) is 0 Å². The Kier molecular flexibility index (Phi) is 5.64. The van der Waals surface area contributed by atoms with Gasteiger partial charge in [0, 0.05) is 42.3 Å². The molecule has 27 heavy (non-hydrogen) atoms. The van der Waals surface area contributed by atoms with Gasteiger partial charge in [0.1, 0.15) is 0 Å². The minimum atomic E-state index is 0.609. The molecule has 0 aliphatic heterocycles. The Morgan fingerprint density at radius 1 is 1.07 bits per heavy atom. The fourth-order valence-corrected chi connectivity index (χ4v) is 4.05. The molecular weight excluding hydrogens is 332 g/mol. The average molecular weight is 361 g/mol. The van der Waals surface area contributed by atoms with Crippen LogP contribution in [0.3, 0.4) is 0 Å². The smallest absolute Gasteiger partial charge is 0.0983 e. The highest BCUT2D eigenvalue weighted by atomic mass is 15.3. The lowest BCUT2D eigenvalue weighted by Gasteiger charge is -2.29. The maximum Gasteiger partial charge on any atom is 0.0983 e. The summed E-state index contributed by atoms with van der Waals surface area (Å²) in [4.78, 5) is 4.29. The quantitative estimate of drug-likeness (QED) is 0.695. The van der Waals surface area contributed by atoms with Crippen molar-refractivity contribution in [2.24, 2.45) is 5.92 Å². The first-order valence-corrected chi connectivity index (χ1v) is 10.0. The molecule has 0 radical (unpaired) electrons. The Labute approximate surface area is 161 Å². The van der Waals surface area contributed by atoms with E-state index in [1.54, 1.807) is 0 Å². The zero-order valence-electron chi connectivity index (χ0n) is 16.0. The van der Waals surface area contributed by atoms with Crippen molar-refractivity contribution >= 4 is 0 Å². The van der Waals surface area contributed by atoms with Gasteiger partial charge in [-0.05, 0) is 36.5 Å². The maximum absolute atomic E-state index is 4.90. The van der Waals surface area contributed by atoms with Crippen LogP contribution in [0.2, 0.25) is 0 Å². The number of hydrogen-bond donors (Lipinski definition) is 1. The Morgan fingerprint density at radius 2 is 1.93 bits per heavy atom. The molecule has 0 bridgehead atoms. The van der Waals surface area contributed by atoms with Gasteiger partial charge in [0.25, 0.3) is 0 Å². The molecule has 0 spiro atoms. The average Bonchev–Trinajstić information content (AvgIpc) is 3.11. The number of benzene rings is 1. The molecule has 1 aliphatic rings. The van der Waals surface area contributed by atoms with Gasteiger partial charge in [-0.2, -0.15) is 5.10 Å². The zero-order valence-corrected chi connectivity index (χ0v) is 16.0. The van der Waals surface area contributed by atoms with Gasteiger partial charge in [-0.1, -0.05) is 50.1 Å². The number of nitrogens with zero attached hydrogens (tertiary/aromatic N) is 3. The standard InChI is InChI=1S/C23H28N4/c1-18-8-5-6-12-22(18)25-15-21-17-27(16-19-9-3-2-4-10-19)26-23(21)20-11-7-13-24-14-20/h2-4,7,9-11,13-14,17-18,22,25H,5-6,8,12,15-16H2,1H3/t18-,22+/m1/s1. The van der Waals surface area contributed by atoms with E-state index in [1.165, 1.54) is 36.8 Å². The third-order valence-electron chi connectivity index (χ3n) is 5.63. The second-order valence-electron chi connectivity index (χ2n) is 7.68. The summed E-state index contributed by atoms with van der Waals surface area (Å²) in [5.41, 5.74) is 4.63. The van der Waals surface area contributed by atoms with Crippen LogP contribution in [0.25, 0.3) is 11.3 Å². The van der Waals surface area contributed by atoms with Crippen LogP contribution in [0.4, 0.5) is 0 Å². The number of rotatable bonds is 6. The predicted octanol–water partition coefficient (Wildman–Crippen LogP) is 4.66. The molecule has 4 rings (SSSR count). The first kappa shape index (κ1) is 17.9. The molecule has 2 atom stereocenters. The highest BCUT2D eigenvalue weighted by Crippen LogP contribution is 2.26. The van der Waals surface area contributed by atoms with Crippen LogP contribution in [0, 0.1) is 5.92 Å². The summed E-state index contributed by atoms with van der Waals surface area (Å²) in [5, 5.41) is 8.70. The number of nitrogens with one attached hydrogen (secondary N) is 1. The molecule has 1 aliphatic carbocycles. The second-order valence-corrected chi connectivity index (χ2v) is 7.68. The van der Waals surface area contributed by atoms with E-state index in [0.717, 1.165) is 30.3 Å². The Hall–Kier alpha value is -2.46.